The number of aryl methyl sites for hydroxylation is 2. The fraction of sp³-hybridized carbons (Fsp3) is 0.562. The molecule has 21 heavy (non-hydrogen) atoms. The van der Waals surface area contributed by atoms with Crippen LogP contribution in [0.25, 0.3) is 0 Å². The summed E-state index contributed by atoms with van der Waals surface area (Å²) in [6.07, 6.45) is 3.09. The maximum atomic E-state index is 11.8. The predicted molar refractivity (Wildman–Crippen MR) is 80.0 cm³/mol. The molecule has 5 nitrogen and oxygen atoms in total. The number of nitriles is 1. The molecule has 2 rings (SSSR count). The second-order valence-electron chi connectivity index (χ2n) is 6.10. The van der Waals surface area contributed by atoms with Gasteiger partial charge in [0.2, 0.25) is 0 Å². The van der Waals surface area contributed by atoms with Crippen LogP contribution in [0.1, 0.15) is 49.6 Å². The van der Waals surface area contributed by atoms with Crippen LogP contribution in [0, 0.1) is 31.1 Å². The molecule has 2 N–H and O–H groups in total. The van der Waals surface area contributed by atoms with Gasteiger partial charge in [-0.3, -0.25) is 4.98 Å². The van der Waals surface area contributed by atoms with E-state index >= 15 is 0 Å². The number of nitrogens with one attached hydrogen (secondary N) is 1. The van der Waals surface area contributed by atoms with Crippen molar-refractivity contribution < 1.29 is 9.90 Å². The third kappa shape index (κ3) is 2.99. The lowest BCUT2D eigenvalue weighted by Gasteiger charge is -2.38. The highest BCUT2D eigenvalue weighted by atomic mass is 16.4. The van der Waals surface area contributed by atoms with Crippen LogP contribution >= 0.6 is 0 Å². The number of aliphatic carboxylic acids is 1. The molecule has 0 aliphatic heterocycles. The fourth-order valence-electron chi connectivity index (χ4n) is 3.24. The summed E-state index contributed by atoms with van der Waals surface area (Å²) in [4.78, 5) is 16.1. The maximum Gasteiger partial charge on any atom is 0.329 e. The van der Waals surface area contributed by atoms with Gasteiger partial charge in [-0.1, -0.05) is 19.8 Å². The molecular weight excluding hydrogens is 266 g/mol. The Labute approximate surface area is 125 Å². The standard InChI is InChI=1S/C16H21N3O2/c1-10-5-4-6-16(8-10,15(20)21)19-14-7-11(2)18-12(3)13(14)9-17/h7,10H,4-6,8H2,1-3H3,(H,18,19)(H,20,21). The Hall–Kier alpha value is -2.09. The molecule has 0 saturated heterocycles. The van der Waals surface area contributed by atoms with Gasteiger partial charge in [-0.2, -0.15) is 5.26 Å². The molecule has 1 saturated carbocycles. The van der Waals surface area contributed by atoms with E-state index in [1.807, 2.05) is 6.92 Å². The Morgan fingerprint density at radius 2 is 2.29 bits per heavy atom. The minimum absolute atomic E-state index is 0.358. The lowest BCUT2D eigenvalue weighted by atomic mass is 9.76. The molecule has 0 radical (unpaired) electrons. The highest BCUT2D eigenvalue weighted by molar-refractivity contribution is 5.84. The molecule has 112 valence electrons. The number of rotatable bonds is 3. The number of anilines is 1. The number of carboxylic acid groups (broad SMARTS) is 1. The van der Waals surface area contributed by atoms with Gasteiger partial charge >= 0.3 is 5.97 Å². The lowest BCUT2D eigenvalue weighted by Crippen LogP contribution is -2.49. The summed E-state index contributed by atoms with van der Waals surface area (Å²) < 4.78 is 0. The quantitative estimate of drug-likeness (QED) is 0.892. The van der Waals surface area contributed by atoms with Crippen LogP contribution in [0.3, 0.4) is 0 Å². The maximum absolute atomic E-state index is 11.8. The van der Waals surface area contributed by atoms with E-state index in [1.54, 1.807) is 13.0 Å². The second kappa shape index (κ2) is 5.72. The van der Waals surface area contributed by atoms with E-state index in [4.69, 9.17) is 0 Å². The first-order valence-electron chi connectivity index (χ1n) is 7.28. The van der Waals surface area contributed by atoms with Gasteiger partial charge < -0.3 is 10.4 Å². The normalized spacial score (nSPS) is 25.1. The van der Waals surface area contributed by atoms with Crippen LogP contribution in [-0.2, 0) is 4.79 Å². The van der Waals surface area contributed by atoms with E-state index in [1.165, 1.54) is 0 Å². The first-order valence-corrected chi connectivity index (χ1v) is 7.28. The van der Waals surface area contributed by atoms with Crippen LogP contribution in [0.4, 0.5) is 5.69 Å². The van der Waals surface area contributed by atoms with Gasteiger partial charge in [-0.05, 0) is 38.7 Å². The summed E-state index contributed by atoms with van der Waals surface area (Å²) in [5, 5.41) is 22.2. The van der Waals surface area contributed by atoms with Crippen molar-refractivity contribution in [1.29, 1.82) is 5.26 Å². The number of hydrogen-bond acceptors (Lipinski definition) is 4. The number of pyridine rings is 1. The SMILES string of the molecule is Cc1cc(NC2(C(=O)O)CCCC(C)C2)c(C#N)c(C)n1. The van der Waals surface area contributed by atoms with Crippen molar-refractivity contribution in [3.05, 3.63) is 23.0 Å². The first-order chi connectivity index (χ1) is 9.88. The average molecular weight is 287 g/mol. The van der Waals surface area contributed by atoms with E-state index in [0.717, 1.165) is 18.5 Å². The van der Waals surface area contributed by atoms with Gasteiger partial charge in [0.1, 0.15) is 11.6 Å². The predicted octanol–water partition coefficient (Wildman–Crippen LogP) is 3.02. The summed E-state index contributed by atoms with van der Waals surface area (Å²) in [7, 11) is 0. The van der Waals surface area contributed by atoms with Crippen molar-refractivity contribution in [3.8, 4) is 6.07 Å². The minimum Gasteiger partial charge on any atom is -0.480 e. The van der Waals surface area contributed by atoms with Crippen LogP contribution in [0.15, 0.2) is 6.07 Å². The molecule has 0 spiro atoms. The number of aromatic nitrogens is 1. The van der Waals surface area contributed by atoms with E-state index in [-0.39, 0.29) is 0 Å². The molecule has 5 heteroatoms. The molecule has 0 bridgehead atoms. The van der Waals surface area contributed by atoms with Crippen molar-refractivity contribution in [3.63, 3.8) is 0 Å². The Bertz CT molecular complexity index is 606. The van der Waals surface area contributed by atoms with Crippen LogP contribution in [0.5, 0.6) is 0 Å². The number of carbonyl (C=O) groups is 1. The number of hydrogen-bond donors (Lipinski definition) is 2. The van der Waals surface area contributed by atoms with Crippen molar-refractivity contribution in [2.45, 2.75) is 52.0 Å². The Kier molecular flexibility index (Phi) is 4.17. The van der Waals surface area contributed by atoms with Crippen LogP contribution in [0.2, 0.25) is 0 Å². The Morgan fingerprint density at radius 3 is 2.86 bits per heavy atom. The topological polar surface area (TPSA) is 86.0 Å². The highest BCUT2D eigenvalue weighted by Crippen LogP contribution is 2.36. The fourth-order valence-corrected chi connectivity index (χ4v) is 3.24. The van der Waals surface area contributed by atoms with Gasteiger partial charge in [0, 0.05) is 5.69 Å². The molecule has 1 fully saturated rings. The number of carboxylic acids is 1. The molecular formula is C16H21N3O2. The second-order valence-corrected chi connectivity index (χ2v) is 6.10. The third-order valence-electron chi connectivity index (χ3n) is 4.22. The minimum atomic E-state index is -0.983. The largest absolute Gasteiger partial charge is 0.480 e. The van der Waals surface area contributed by atoms with E-state index in [2.05, 4.69) is 23.3 Å². The van der Waals surface area contributed by atoms with Gasteiger partial charge in [0.05, 0.1) is 16.9 Å². The zero-order valence-corrected chi connectivity index (χ0v) is 12.7. The highest BCUT2D eigenvalue weighted by Gasteiger charge is 2.42. The smallest absolute Gasteiger partial charge is 0.329 e. The molecule has 1 aliphatic rings. The zero-order valence-electron chi connectivity index (χ0n) is 12.7. The van der Waals surface area contributed by atoms with Gasteiger partial charge in [0.25, 0.3) is 0 Å². The molecule has 0 amide bonds. The first kappa shape index (κ1) is 15.3. The molecule has 2 atom stereocenters. The molecule has 2 unspecified atom stereocenters. The molecule has 0 aromatic carbocycles. The lowest BCUT2D eigenvalue weighted by molar-refractivity contribution is -0.144. The van der Waals surface area contributed by atoms with Gasteiger partial charge in [-0.25, -0.2) is 4.79 Å². The molecule has 1 aliphatic carbocycles. The van der Waals surface area contributed by atoms with Crippen molar-refractivity contribution in [2.24, 2.45) is 5.92 Å². The van der Waals surface area contributed by atoms with Crippen molar-refractivity contribution in [2.75, 3.05) is 5.32 Å². The summed E-state index contributed by atoms with van der Waals surface area (Å²) in [5.74, 6) is -0.484. The van der Waals surface area contributed by atoms with Gasteiger partial charge in [-0.15, -0.1) is 0 Å². The Balaban J connectivity index is 2.43. The van der Waals surface area contributed by atoms with Crippen molar-refractivity contribution >= 4 is 11.7 Å². The van der Waals surface area contributed by atoms with Crippen LogP contribution in [-0.4, -0.2) is 21.6 Å². The average Bonchev–Trinajstić information content (AvgIpc) is 2.38. The van der Waals surface area contributed by atoms with Crippen molar-refractivity contribution in [1.82, 2.24) is 4.98 Å². The van der Waals surface area contributed by atoms with E-state index in [0.29, 0.717) is 35.7 Å². The monoisotopic (exact) mass is 287 g/mol. The summed E-state index contributed by atoms with van der Waals surface area (Å²) in [6, 6.07) is 3.89. The van der Waals surface area contributed by atoms with E-state index in [9.17, 15) is 15.2 Å². The zero-order chi connectivity index (χ0) is 15.6. The van der Waals surface area contributed by atoms with Gasteiger partial charge in [0.15, 0.2) is 0 Å². The summed E-state index contributed by atoms with van der Waals surface area (Å²) >= 11 is 0. The number of nitrogens with zero attached hydrogens (tertiary/aromatic N) is 2. The Morgan fingerprint density at radius 1 is 1.57 bits per heavy atom. The van der Waals surface area contributed by atoms with Crippen LogP contribution < -0.4 is 5.32 Å². The summed E-state index contributed by atoms with van der Waals surface area (Å²) in [6.45, 7) is 5.69. The van der Waals surface area contributed by atoms with E-state index < -0.39 is 11.5 Å². The third-order valence-corrected chi connectivity index (χ3v) is 4.22. The summed E-state index contributed by atoms with van der Waals surface area (Å²) in [5.41, 5.74) is 1.44. The molecule has 1 heterocycles. The molecule has 1 aromatic heterocycles. The molecule has 1 aromatic rings.